The highest BCUT2D eigenvalue weighted by Gasteiger charge is 2.34. The molecule has 98 valence electrons. The molecule has 2 atom stereocenters. The molecular weight excluding hydrogens is 244 g/mol. The molecule has 2 aliphatic rings. The second-order valence-electron chi connectivity index (χ2n) is 5.41. The number of carbonyl (C=O) groups excluding carboxylic acids is 1. The third-order valence-electron chi connectivity index (χ3n) is 4.14. The maximum Gasteiger partial charge on any atom is 0.261 e. The van der Waals surface area contributed by atoms with Gasteiger partial charge in [-0.25, -0.2) is 0 Å². The molecule has 2 fully saturated rings. The lowest BCUT2D eigenvalue weighted by Gasteiger charge is -2.29. The van der Waals surface area contributed by atoms with Crippen molar-refractivity contribution in [2.75, 3.05) is 0 Å². The van der Waals surface area contributed by atoms with Gasteiger partial charge in [0.1, 0.15) is 0 Å². The Bertz CT molecular complexity index is 431. The van der Waals surface area contributed by atoms with Crippen molar-refractivity contribution in [3.05, 3.63) is 21.9 Å². The standard InChI is InChI=1S/C14H20N2OS/c1-2-9-5-6-18-13(9)14(17)16-12-7-10-3-4-11(8-12)15-10/h5-6,10-12,15H,2-4,7-8H2,1H3,(H,16,17). The van der Waals surface area contributed by atoms with E-state index in [1.165, 1.54) is 18.4 Å². The predicted molar refractivity (Wildman–Crippen MR) is 74.1 cm³/mol. The Balaban J connectivity index is 1.64. The van der Waals surface area contributed by atoms with Gasteiger partial charge in [-0.2, -0.15) is 0 Å². The molecule has 2 N–H and O–H groups in total. The number of hydrogen-bond acceptors (Lipinski definition) is 3. The number of aryl methyl sites for hydroxylation is 1. The summed E-state index contributed by atoms with van der Waals surface area (Å²) in [6.07, 6.45) is 5.67. The lowest BCUT2D eigenvalue weighted by molar-refractivity contribution is 0.0927. The fourth-order valence-corrected chi connectivity index (χ4v) is 4.14. The van der Waals surface area contributed by atoms with Crippen LogP contribution in [0.2, 0.25) is 0 Å². The van der Waals surface area contributed by atoms with Gasteiger partial charge in [-0.1, -0.05) is 6.92 Å². The molecule has 3 nitrogen and oxygen atoms in total. The van der Waals surface area contributed by atoms with E-state index >= 15 is 0 Å². The first-order valence-electron chi connectivity index (χ1n) is 6.89. The number of thiophene rings is 1. The highest BCUT2D eigenvalue weighted by atomic mass is 32.1. The first-order chi connectivity index (χ1) is 8.76. The summed E-state index contributed by atoms with van der Waals surface area (Å²) in [5, 5.41) is 8.84. The summed E-state index contributed by atoms with van der Waals surface area (Å²) in [7, 11) is 0. The minimum Gasteiger partial charge on any atom is -0.348 e. The Morgan fingerprint density at radius 1 is 1.44 bits per heavy atom. The van der Waals surface area contributed by atoms with Crippen LogP contribution in [0.3, 0.4) is 0 Å². The molecule has 1 aromatic heterocycles. The summed E-state index contributed by atoms with van der Waals surface area (Å²) in [5.74, 6) is 0.133. The molecule has 3 rings (SSSR count). The van der Waals surface area contributed by atoms with Crippen molar-refractivity contribution in [1.29, 1.82) is 0 Å². The largest absolute Gasteiger partial charge is 0.348 e. The van der Waals surface area contributed by atoms with Gasteiger partial charge in [-0.3, -0.25) is 4.79 Å². The Kier molecular flexibility index (Phi) is 3.39. The van der Waals surface area contributed by atoms with Crippen LogP contribution < -0.4 is 10.6 Å². The summed E-state index contributed by atoms with van der Waals surface area (Å²) in [4.78, 5) is 13.2. The summed E-state index contributed by atoms with van der Waals surface area (Å²) >= 11 is 1.56. The van der Waals surface area contributed by atoms with E-state index in [4.69, 9.17) is 0 Å². The zero-order valence-electron chi connectivity index (χ0n) is 10.7. The van der Waals surface area contributed by atoms with Crippen molar-refractivity contribution in [1.82, 2.24) is 10.6 Å². The fraction of sp³-hybridized carbons (Fsp3) is 0.643. The Morgan fingerprint density at radius 3 is 2.83 bits per heavy atom. The van der Waals surface area contributed by atoms with Crippen LogP contribution >= 0.6 is 11.3 Å². The van der Waals surface area contributed by atoms with Gasteiger partial charge in [-0.05, 0) is 49.1 Å². The Hall–Kier alpha value is -0.870. The van der Waals surface area contributed by atoms with Crippen LogP contribution in [0.15, 0.2) is 11.4 Å². The number of amides is 1. The molecule has 1 aromatic rings. The van der Waals surface area contributed by atoms with Crippen LogP contribution in [0.25, 0.3) is 0 Å². The Morgan fingerprint density at radius 2 is 2.17 bits per heavy atom. The van der Waals surface area contributed by atoms with Crippen molar-refractivity contribution in [2.45, 2.75) is 57.2 Å². The lowest BCUT2D eigenvalue weighted by atomic mass is 9.99. The normalized spacial score (nSPS) is 30.4. The van der Waals surface area contributed by atoms with Crippen molar-refractivity contribution < 1.29 is 4.79 Å². The molecule has 2 bridgehead atoms. The zero-order valence-corrected chi connectivity index (χ0v) is 11.6. The van der Waals surface area contributed by atoms with Gasteiger partial charge in [0.25, 0.3) is 5.91 Å². The molecule has 0 spiro atoms. The van der Waals surface area contributed by atoms with Crippen molar-refractivity contribution in [2.24, 2.45) is 0 Å². The van der Waals surface area contributed by atoms with E-state index in [9.17, 15) is 4.79 Å². The van der Waals surface area contributed by atoms with Gasteiger partial charge in [0.2, 0.25) is 0 Å². The average molecular weight is 264 g/mol. The predicted octanol–water partition coefficient (Wildman–Crippen LogP) is 2.32. The lowest BCUT2D eigenvalue weighted by Crippen LogP contribution is -2.48. The topological polar surface area (TPSA) is 41.1 Å². The number of nitrogens with one attached hydrogen (secondary N) is 2. The first-order valence-corrected chi connectivity index (χ1v) is 7.77. The number of fused-ring (bicyclic) bond motifs is 2. The van der Waals surface area contributed by atoms with E-state index in [0.29, 0.717) is 18.1 Å². The number of piperidine rings is 1. The summed E-state index contributed by atoms with van der Waals surface area (Å²) in [6, 6.07) is 3.68. The molecular formula is C14H20N2OS. The average Bonchev–Trinajstić information content (AvgIpc) is 2.95. The maximum absolute atomic E-state index is 12.3. The molecule has 0 aliphatic carbocycles. The molecule has 18 heavy (non-hydrogen) atoms. The molecule has 0 aromatic carbocycles. The molecule has 3 heterocycles. The van der Waals surface area contributed by atoms with Gasteiger partial charge in [0, 0.05) is 18.1 Å². The zero-order chi connectivity index (χ0) is 12.5. The molecule has 0 saturated carbocycles. The van der Waals surface area contributed by atoms with Gasteiger partial charge >= 0.3 is 0 Å². The van der Waals surface area contributed by atoms with E-state index in [1.54, 1.807) is 11.3 Å². The van der Waals surface area contributed by atoms with Crippen LogP contribution in [0.5, 0.6) is 0 Å². The van der Waals surface area contributed by atoms with Crippen LogP contribution in [0.4, 0.5) is 0 Å². The van der Waals surface area contributed by atoms with Crippen LogP contribution in [-0.2, 0) is 6.42 Å². The molecule has 2 aliphatic heterocycles. The number of carbonyl (C=O) groups is 1. The summed E-state index contributed by atoms with van der Waals surface area (Å²) in [5.41, 5.74) is 1.18. The molecule has 2 saturated heterocycles. The SMILES string of the molecule is CCc1ccsc1C(=O)NC1CC2CCC(C1)N2. The summed E-state index contributed by atoms with van der Waals surface area (Å²) < 4.78 is 0. The van der Waals surface area contributed by atoms with E-state index in [-0.39, 0.29) is 5.91 Å². The highest BCUT2D eigenvalue weighted by Crippen LogP contribution is 2.27. The van der Waals surface area contributed by atoms with Gasteiger partial charge < -0.3 is 10.6 Å². The second-order valence-corrected chi connectivity index (χ2v) is 6.32. The molecule has 2 unspecified atom stereocenters. The monoisotopic (exact) mass is 264 g/mol. The van der Waals surface area contributed by atoms with Crippen molar-refractivity contribution in [3.8, 4) is 0 Å². The molecule has 0 radical (unpaired) electrons. The minimum atomic E-state index is 0.133. The maximum atomic E-state index is 12.3. The molecule has 1 amide bonds. The van der Waals surface area contributed by atoms with Crippen LogP contribution in [0.1, 0.15) is 47.8 Å². The third kappa shape index (κ3) is 2.31. The van der Waals surface area contributed by atoms with Gasteiger partial charge in [0.05, 0.1) is 4.88 Å². The second kappa shape index (κ2) is 5.02. The van der Waals surface area contributed by atoms with Gasteiger partial charge in [0.15, 0.2) is 0 Å². The van der Waals surface area contributed by atoms with E-state index < -0.39 is 0 Å². The van der Waals surface area contributed by atoms with Gasteiger partial charge in [-0.15, -0.1) is 11.3 Å². The summed E-state index contributed by atoms with van der Waals surface area (Å²) in [6.45, 7) is 2.10. The van der Waals surface area contributed by atoms with E-state index in [0.717, 1.165) is 24.1 Å². The smallest absolute Gasteiger partial charge is 0.261 e. The van der Waals surface area contributed by atoms with E-state index in [2.05, 4.69) is 23.6 Å². The minimum absolute atomic E-state index is 0.133. The van der Waals surface area contributed by atoms with Crippen molar-refractivity contribution >= 4 is 17.2 Å². The molecule has 4 heteroatoms. The van der Waals surface area contributed by atoms with E-state index in [1.807, 2.05) is 5.38 Å². The third-order valence-corrected chi connectivity index (χ3v) is 5.10. The quantitative estimate of drug-likeness (QED) is 0.879. The fourth-order valence-electron chi connectivity index (χ4n) is 3.24. The van der Waals surface area contributed by atoms with Crippen LogP contribution in [0, 0.1) is 0 Å². The first kappa shape index (κ1) is 12.2. The number of hydrogen-bond donors (Lipinski definition) is 2. The van der Waals surface area contributed by atoms with Crippen molar-refractivity contribution in [3.63, 3.8) is 0 Å². The Labute approximate surface area is 112 Å². The number of rotatable bonds is 3. The van der Waals surface area contributed by atoms with Crippen LogP contribution in [-0.4, -0.2) is 24.0 Å². The highest BCUT2D eigenvalue weighted by molar-refractivity contribution is 7.12.